The Kier molecular flexibility index (Phi) is 4.88. The van der Waals surface area contributed by atoms with Crippen LogP contribution in [-0.4, -0.2) is 47.7 Å². The number of alkyl halides is 3. The van der Waals surface area contributed by atoms with E-state index in [4.69, 9.17) is 0 Å². The fraction of sp³-hybridized carbons (Fsp3) is 0.556. The lowest BCUT2D eigenvalue weighted by Gasteiger charge is -2.15. The second-order valence-corrected chi connectivity index (χ2v) is 3.69. The van der Waals surface area contributed by atoms with Crippen molar-refractivity contribution in [3.05, 3.63) is 21.9 Å². The Hall–Kier alpha value is -2.33. The smallest absolute Gasteiger partial charge is 0.422 e. The van der Waals surface area contributed by atoms with E-state index in [1.54, 1.807) is 0 Å². The highest BCUT2D eigenvalue weighted by Gasteiger charge is 2.37. The van der Waals surface area contributed by atoms with Gasteiger partial charge in [0.15, 0.2) is 5.03 Å². The van der Waals surface area contributed by atoms with E-state index in [1.807, 2.05) is 0 Å². The summed E-state index contributed by atoms with van der Waals surface area (Å²) in [5.41, 5.74) is 0. The summed E-state index contributed by atoms with van der Waals surface area (Å²) in [7, 11) is 0. The van der Waals surface area contributed by atoms with Crippen LogP contribution in [0, 0.1) is 10.1 Å². The molecule has 1 saturated heterocycles. The van der Waals surface area contributed by atoms with E-state index in [0.717, 1.165) is 6.92 Å². The highest BCUT2D eigenvalue weighted by atomic mass is 19.4. The standard InChI is InChI=1S/C9H11F3N4O4/c1-6(17)20-7(9(10,11)12)2-4-15-5-3-13-8(15)14-16(18)19/h2H,3-5H2,1H3,(H,13,14)/b7-2+. The first-order chi connectivity index (χ1) is 9.20. The van der Waals surface area contributed by atoms with Gasteiger partial charge in [0, 0.05) is 26.6 Å². The van der Waals surface area contributed by atoms with Crippen molar-refractivity contribution in [1.82, 2.24) is 10.2 Å². The molecule has 0 bridgehead atoms. The first-order valence-electron chi connectivity index (χ1n) is 5.37. The minimum absolute atomic E-state index is 0.143. The molecule has 1 aliphatic rings. The molecule has 1 rings (SSSR count). The van der Waals surface area contributed by atoms with Crippen LogP contribution in [0.2, 0.25) is 0 Å². The number of rotatable bonds is 4. The average molecular weight is 296 g/mol. The number of ether oxygens (including phenoxy) is 1. The maximum absolute atomic E-state index is 12.5. The number of nitro groups is 1. The highest BCUT2D eigenvalue weighted by molar-refractivity contribution is 5.81. The molecule has 1 N–H and O–H groups in total. The lowest BCUT2D eigenvalue weighted by molar-refractivity contribution is -0.485. The van der Waals surface area contributed by atoms with E-state index >= 15 is 0 Å². The van der Waals surface area contributed by atoms with Crippen LogP contribution in [0.15, 0.2) is 16.9 Å². The topological polar surface area (TPSA) is 97.1 Å². The van der Waals surface area contributed by atoms with Gasteiger partial charge in [0.05, 0.1) is 0 Å². The van der Waals surface area contributed by atoms with Gasteiger partial charge in [-0.2, -0.15) is 13.2 Å². The maximum Gasteiger partial charge on any atom is 0.449 e. The van der Waals surface area contributed by atoms with Crippen molar-refractivity contribution in [2.24, 2.45) is 5.10 Å². The third-order valence-electron chi connectivity index (χ3n) is 2.17. The van der Waals surface area contributed by atoms with Gasteiger partial charge in [-0.25, -0.2) is 10.1 Å². The zero-order chi connectivity index (χ0) is 15.3. The summed E-state index contributed by atoms with van der Waals surface area (Å²) in [6, 6.07) is 0. The van der Waals surface area contributed by atoms with Gasteiger partial charge in [0.2, 0.25) is 5.76 Å². The van der Waals surface area contributed by atoms with Crippen LogP contribution in [0.25, 0.3) is 0 Å². The normalized spacial score (nSPS) is 18.1. The minimum Gasteiger partial charge on any atom is -0.422 e. The molecule has 0 atom stereocenters. The molecule has 0 unspecified atom stereocenters. The van der Waals surface area contributed by atoms with Crippen molar-refractivity contribution in [1.29, 1.82) is 0 Å². The van der Waals surface area contributed by atoms with Crippen LogP contribution >= 0.6 is 0 Å². The summed E-state index contributed by atoms with van der Waals surface area (Å²) in [6.07, 6.45) is -4.19. The Morgan fingerprint density at radius 2 is 2.30 bits per heavy atom. The second-order valence-electron chi connectivity index (χ2n) is 3.69. The number of halogens is 3. The molecule has 1 aliphatic heterocycles. The number of hydrogen-bond donors (Lipinski definition) is 1. The summed E-state index contributed by atoms with van der Waals surface area (Å²) < 4.78 is 41.7. The Labute approximate surface area is 111 Å². The quantitative estimate of drug-likeness (QED) is 0.350. The first-order valence-corrected chi connectivity index (χ1v) is 5.37. The summed E-state index contributed by atoms with van der Waals surface area (Å²) in [5, 5.41) is 14.8. The van der Waals surface area contributed by atoms with Gasteiger partial charge in [-0.15, -0.1) is 0 Å². The molecule has 1 heterocycles. The lowest BCUT2D eigenvalue weighted by Crippen LogP contribution is -2.32. The van der Waals surface area contributed by atoms with Gasteiger partial charge < -0.3 is 15.0 Å². The molecule has 0 amide bonds. The third-order valence-corrected chi connectivity index (χ3v) is 2.17. The van der Waals surface area contributed by atoms with Crippen LogP contribution < -0.4 is 5.32 Å². The van der Waals surface area contributed by atoms with Gasteiger partial charge in [-0.05, 0) is 6.08 Å². The molecule has 0 aliphatic carbocycles. The van der Waals surface area contributed by atoms with Gasteiger partial charge in [0.25, 0.3) is 5.96 Å². The molecular weight excluding hydrogens is 285 g/mol. The van der Waals surface area contributed by atoms with Crippen molar-refractivity contribution >= 4 is 11.9 Å². The van der Waals surface area contributed by atoms with Gasteiger partial charge in [-0.3, -0.25) is 4.79 Å². The number of nitrogens with zero attached hydrogens (tertiary/aromatic N) is 3. The Bertz CT molecular complexity index is 461. The average Bonchev–Trinajstić information content (AvgIpc) is 2.68. The van der Waals surface area contributed by atoms with Crippen molar-refractivity contribution in [3.63, 3.8) is 0 Å². The van der Waals surface area contributed by atoms with Gasteiger partial charge in [0.1, 0.15) is 5.10 Å². The Balaban J connectivity index is 2.81. The first kappa shape index (κ1) is 15.7. The molecular formula is C9H11F3N4O4. The number of carbonyl (C=O) groups excluding carboxylic acids is 1. The van der Waals surface area contributed by atoms with E-state index in [2.05, 4.69) is 15.2 Å². The summed E-state index contributed by atoms with van der Waals surface area (Å²) in [4.78, 5) is 22.1. The highest BCUT2D eigenvalue weighted by Crippen LogP contribution is 2.26. The third kappa shape index (κ3) is 4.74. The van der Waals surface area contributed by atoms with Crippen LogP contribution in [-0.2, 0) is 9.53 Å². The largest absolute Gasteiger partial charge is 0.449 e. The van der Waals surface area contributed by atoms with E-state index in [0.29, 0.717) is 12.6 Å². The van der Waals surface area contributed by atoms with Crippen LogP contribution in [0.1, 0.15) is 6.92 Å². The van der Waals surface area contributed by atoms with Crippen molar-refractivity contribution in [3.8, 4) is 0 Å². The summed E-state index contributed by atoms with van der Waals surface area (Å²) >= 11 is 0. The van der Waals surface area contributed by atoms with Crippen LogP contribution in [0.5, 0.6) is 0 Å². The molecule has 112 valence electrons. The van der Waals surface area contributed by atoms with Crippen LogP contribution in [0.4, 0.5) is 13.2 Å². The second kappa shape index (κ2) is 6.21. The predicted molar refractivity (Wildman–Crippen MR) is 59.9 cm³/mol. The number of nitrogens with one attached hydrogen (secondary N) is 1. The molecule has 0 spiro atoms. The van der Waals surface area contributed by atoms with Crippen molar-refractivity contribution in [2.45, 2.75) is 13.1 Å². The van der Waals surface area contributed by atoms with Gasteiger partial charge in [-0.1, -0.05) is 0 Å². The number of carbonyl (C=O) groups is 1. The molecule has 0 aromatic carbocycles. The molecule has 8 nitrogen and oxygen atoms in total. The zero-order valence-corrected chi connectivity index (χ0v) is 10.3. The Morgan fingerprint density at radius 1 is 1.65 bits per heavy atom. The molecule has 0 saturated carbocycles. The molecule has 11 heteroatoms. The van der Waals surface area contributed by atoms with Crippen molar-refractivity contribution in [2.75, 3.05) is 19.6 Å². The molecule has 0 aromatic rings. The number of esters is 1. The number of allylic oxidation sites excluding steroid dienone is 1. The minimum atomic E-state index is -4.82. The zero-order valence-electron chi connectivity index (χ0n) is 10.3. The number of hydrazone groups is 1. The fourth-order valence-corrected chi connectivity index (χ4v) is 1.44. The fourth-order valence-electron chi connectivity index (χ4n) is 1.44. The lowest BCUT2D eigenvalue weighted by atomic mass is 10.4. The predicted octanol–water partition coefficient (Wildman–Crippen LogP) is 0.449. The molecule has 20 heavy (non-hydrogen) atoms. The maximum atomic E-state index is 12.5. The summed E-state index contributed by atoms with van der Waals surface area (Å²) in [6.45, 7) is 1.07. The SMILES string of the molecule is CC(=O)O/C(=C/CN1CCN/C1=N\[N+](=O)[O-])C(F)(F)F. The van der Waals surface area contributed by atoms with E-state index in [9.17, 15) is 28.1 Å². The van der Waals surface area contributed by atoms with E-state index < -0.39 is 22.9 Å². The Morgan fingerprint density at radius 3 is 2.80 bits per heavy atom. The monoisotopic (exact) mass is 296 g/mol. The molecule has 0 radical (unpaired) electrons. The van der Waals surface area contributed by atoms with E-state index in [1.165, 1.54) is 4.90 Å². The van der Waals surface area contributed by atoms with Crippen LogP contribution in [0.3, 0.4) is 0 Å². The number of hydrogen-bond acceptors (Lipinski definition) is 4. The number of guanidine groups is 1. The van der Waals surface area contributed by atoms with Crippen molar-refractivity contribution < 1.29 is 27.7 Å². The summed E-state index contributed by atoms with van der Waals surface area (Å²) in [5.74, 6) is -2.71. The molecule has 1 fully saturated rings. The molecule has 0 aromatic heterocycles. The van der Waals surface area contributed by atoms with E-state index in [-0.39, 0.29) is 19.0 Å². The van der Waals surface area contributed by atoms with Gasteiger partial charge >= 0.3 is 12.1 Å².